The van der Waals surface area contributed by atoms with E-state index in [1.807, 2.05) is 12.3 Å². The van der Waals surface area contributed by atoms with Crippen LogP contribution in [0.3, 0.4) is 0 Å². The highest BCUT2D eigenvalue weighted by Crippen LogP contribution is 2.35. The normalized spacial score (nSPS) is 9.42. The number of aryl methyl sites for hydroxylation is 1. The topological polar surface area (TPSA) is 44.0 Å². The molecule has 62 valence electrons. The molecule has 0 heterocycles. The number of phenols is 1. The summed E-state index contributed by atoms with van der Waals surface area (Å²) in [6.07, 6.45) is 0. The highest BCUT2D eigenvalue weighted by atomic mass is 79.9. The maximum absolute atomic E-state index is 9.43. The zero-order valence-corrected chi connectivity index (χ0v) is 8.74. The van der Waals surface area contributed by atoms with Crippen LogP contribution < -0.4 is 0 Å². The number of thiocyanates is 1. The third-order valence-electron chi connectivity index (χ3n) is 1.33. The number of hydrogen-bond donors (Lipinski definition) is 1. The summed E-state index contributed by atoms with van der Waals surface area (Å²) in [6.45, 7) is 1.91. The van der Waals surface area contributed by atoms with Gasteiger partial charge in [-0.05, 0) is 52.3 Å². The highest BCUT2D eigenvalue weighted by Gasteiger charge is 2.06. The van der Waals surface area contributed by atoms with Crippen LogP contribution in [-0.2, 0) is 0 Å². The van der Waals surface area contributed by atoms with Gasteiger partial charge < -0.3 is 5.11 Å². The van der Waals surface area contributed by atoms with Gasteiger partial charge in [-0.2, -0.15) is 5.26 Å². The molecule has 0 unspecified atom stereocenters. The second-order valence-electron chi connectivity index (χ2n) is 2.29. The van der Waals surface area contributed by atoms with Crippen molar-refractivity contribution in [2.24, 2.45) is 0 Å². The van der Waals surface area contributed by atoms with E-state index in [1.165, 1.54) is 0 Å². The summed E-state index contributed by atoms with van der Waals surface area (Å²) in [4.78, 5) is 0.587. The molecular weight excluding hydrogens is 238 g/mol. The fourth-order valence-corrected chi connectivity index (χ4v) is 2.09. The molecule has 0 aromatic heterocycles. The maximum atomic E-state index is 9.43. The largest absolute Gasteiger partial charge is 0.506 e. The van der Waals surface area contributed by atoms with Gasteiger partial charge in [0.2, 0.25) is 0 Å². The number of nitrogens with zero attached hydrogens (tertiary/aromatic N) is 1. The Bertz CT molecular complexity index is 346. The summed E-state index contributed by atoms with van der Waals surface area (Å²) >= 11 is 4.15. The van der Waals surface area contributed by atoms with Gasteiger partial charge in [-0.1, -0.05) is 0 Å². The van der Waals surface area contributed by atoms with E-state index in [9.17, 15) is 5.11 Å². The molecule has 0 aliphatic carbocycles. The molecule has 1 aromatic carbocycles. The van der Waals surface area contributed by atoms with Crippen LogP contribution in [0.25, 0.3) is 0 Å². The first-order valence-corrected chi connectivity index (χ1v) is 4.81. The summed E-state index contributed by atoms with van der Waals surface area (Å²) in [6, 6.07) is 3.57. The second kappa shape index (κ2) is 3.83. The molecule has 0 saturated heterocycles. The van der Waals surface area contributed by atoms with Gasteiger partial charge in [0, 0.05) is 0 Å². The summed E-state index contributed by atoms with van der Waals surface area (Å²) in [7, 11) is 0. The van der Waals surface area contributed by atoms with Crippen molar-refractivity contribution in [3.8, 4) is 11.2 Å². The standard InChI is InChI=1S/C8H6BrNOS/c1-5-2-6(9)8(11)7(3-5)12-4-10/h2-3,11H,1H3. The minimum atomic E-state index is 0.132. The molecule has 0 saturated carbocycles. The Morgan fingerprint density at radius 1 is 1.58 bits per heavy atom. The number of benzene rings is 1. The Hall–Kier alpha value is -0.660. The summed E-state index contributed by atoms with van der Waals surface area (Å²) in [5, 5.41) is 19.8. The van der Waals surface area contributed by atoms with Crippen molar-refractivity contribution in [3.05, 3.63) is 22.2 Å². The Morgan fingerprint density at radius 2 is 2.25 bits per heavy atom. The molecule has 0 spiro atoms. The van der Waals surface area contributed by atoms with E-state index >= 15 is 0 Å². The average molecular weight is 244 g/mol. The fourth-order valence-electron chi connectivity index (χ4n) is 0.830. The first-order valence-electron chi connectivity index (χ1n) is 3.20. The Kier molecular flexibility index (Phi) is 3.01. The van der Waals surface area contributed by atoms with Crippen molar-refractivity contribution in [1.29, 1.82) is 5.26 Å². The molecule has 0 atom stereocenters. The van der Waals surface area contributed by atoms with Crippen LogP contribution in [-0.4, -0.2) is 5.11 Å². The van der Waals surface area contributed by atoms with Gasteiger partial charge in [-0.25, -0.2) is 0 Å². The number of rotatable bonds is 1. The average Bonchev–Trinajstić information content (AvgIpc) is 2.00. The monoisotopic (exact) mass is 243 g/mol. The predicted molar refractivity (Wildman–Crippen MR) is 52.0 cm³/mol. The number of thioether (sulfide) groups is 1. The zero-order valence-electron chi connectivity index (χ0n) is 6.34. The molecule has 2 nitrogen and oxygen atoms in total. The molecule has 1 aromatic rings. The minimum Gasteiger partial charge on any atom is -0.506 e. The van der Waals surface area contributed by atoms with Crippen molar-refractivity contribution in [1.82, 2.24) is 0 Å². The lowest BCUT2D eigenvalue weighted by molar-refractivity contribution is 0.459. The lowest BCUT2D eigenvalue weighted by Crippen LogP contribution is -1.78. The number of halogens is 1. The number of nitriles is 1. The molecule has 12 heavy (non-hydrogen) atoms. The molecule has 0 aliphatic heterocycles. The van der Waals surface area contributed by atoms with Crippen molar-refractivity contribution in [2.75, 3.05) is 0 Å². The molecule has 0 bridgehead atoms. The molecule has 0 aliphatic rings. The van der Waals surface area contributed by atoms with Gasteiger partial charge in [0.05, 0.1) is 9.37 Å². The quantitative estimate of drug-likeness (QED) is 0.610. The van der Waals surface area contributed by atoms with Crippen molar-refractivity contribution in [2.45, 2.75) is 11.8 Å². The first-order chi connectivity index (χ1) is 5.65. The maximum Gasteiger partial charge on any atom is 0.144 e. The summed E-state index contributed by atoms with van der Waals surface area (Å²) in [5.74, 6) is 0.132. The second-order valence-corrected chi connectivity index (χ2v) is 3.97. The zero-order chi connectivity index (χ0) is 9.14. The van der Waals surface area contributed by atoms with Gasteiger partial charge in [0.25, 0.3) is 0 Å². The summed E-state index contributed by atoms with van der Waals surface area (Å²) in [5.41, 5.74) is 1.01. The van der Waals surface area contributed by atoms with Gasteiger partial charge in [0.1, 0.15) is 11.2 Å². The van der Waals surface area contributed by atoms with Crippen molar-refractivity contribution in [3.63, 3.8) is 0 Å². The van der Waals surface area contributed by atoms with E-state index in [4.69, 9.17) is 5.26 Å². The predicted octanol–water partition coefficient (Wildman–Crippen LogP) is 3.04. The SMILES string of the molecule is Cc1cc(Br)c(O)c(SC#N)c1. The Labute approximate surface area is 83.3 Å². The van der Waals surface area contributed by atoms with E-state index < -0.39 is 0 Å². The molecule has 0 radical (unpaired) electrons. The van der Waals surface area contributed by atoms with Crippen molar-refractivity contribution >= 4 is 27.7 Å². The highest BCUT2D eigenvalue weighted by molar-refractivity contribution is 9.10. The summed E-state index contributed by atoms with van der Waals surface area (Å²) < 4.78 is 0.625. The smallest absolute Gasteiger partial charge is 0.144 e. The molecule has 4 heteroatoms. The van der Waals surface area contributed by atoms with Gasteiger partial charge in [-0.3, -0.25) is 0 Å². The van der Waals surface area contributed by atoms with E-state index in [0.29, 0.717) is 9.37 Å². The van der Waals surface area contributed by atoms with Crippen LogP contribution in [0.1, 0.15) is 5.56 Å². The van der Waals surface area contributed by atoms with E-state index in [-0.39, 0.29) is 5.75 Å². The van der Waals surface area contributed by atoms with Crippen LogP contribution in [0, 0.1) is 17.6 Å². The number of aromatic hydroxyl groups is 1. The van der Waals surface area contributed by atoms with Crippen LogP contribution in [0.4, 0.5) is 0 Å². The molecule has 1 N–H and O–H groups in total. The molecule has 1 rings (SSSR count). The van der Waals surface area contributed by atoms with Crippen LogP contribution in [0.2, 0.25) is 0 Å². The van der Waals surface area contributed by atoms with Crippen LogP contribution in [0.5, 0.6) is 5.75 Å². The number of hydrogen-bond acceptors (Lipinski definition) is 3. The van der Waals surface area contributed by atoms with Gasteiger partial charge in [0.15, 0.2) is 0 Å². The minimum absolute atomic E-state index is 0.132. The Morgan fingerprint density at radius 3 is 2.83 bits per heavy atom. The first kappa shape index (κ1) is 9.43. The van der Waals surface area contributed by atoms with Crippen LogP contribution >= 0.6 is 27.7 Å². The lowest BCUT2D eigenvalue weighted by Gasteiger charge is -2.02. The van der Waals surface area contributed by atoms with E-state index in [2.05, 4.69) is 15.9 Å². The van der Waals surface area contributed by atoms with Gasteiger partial charge in [-0.15, -0.1) is 0 Å². The third kappa shape index (κ3) is 1.93. The van der Waals surface area contributed by atoms with Crippen LogP contribution in [0.15, 0.2) is 21.5 Å². The molecule has 0 fully saturated rings. The third-order valence-corrected chi connectivity index (χ3v) is 2.56. The lowest BCUT2D eigenvalue weighted by atomic mass is 10.2. The van der Waals surface area contributed by atoms with Crippen molar-refractivity contribution < 1.29 is 5.11 Å². The Balaban J connectivity index is 3.20. The molecular formula is C8H6BrNOS. The molecule has 0 amide bonds. The number of phenolic OH excluding ortho intramolecular Hbond substituents is 1. The fraction of sp³-hybridized carbons (Fsp3) is 0.125. The van der Waals surface area contributed by atoms with Gasteiger partial charge >= 0.3 is 0 Å². The van der Waals surface area contributed by atoms with E-state index in [0.717, 1.165) is 17.3 Å². The van der Waals surface area contributed by atoms with E-state index in [1.54, 1.807) is 12.1 Å².